The number of rotatable bonds is 13. The topological polar surface area (TPSA) is 34.1 Å². The van der Waals surface area contributed by atoms with Crippen molar-refractivity contribution in [1.29, 1.82) is 0 Å². The van der Waals surface area contributed by atoms with Gasteiger partial charge in [0.1, 0.15) is 0 Å². The second-order valence-electron chi connectivity index (χ2n) is 5.24. The van der Waals surface area contributed by atoms with Crippen molar-refractivity contribution in [3.8, 4) is 0 Å². The zero-order valence-electron chi connectivity index (χ0n) is 12.9. The summed E-state index contributed by atoms with van der Waals surface area (Å²) < 4.78 is 5.67. The number of pyridine rings is 1. The van der Waals surface area contributed by atoms with Crippen LogP contribution in [0.1, 0.15) is 51.0 Å². The highest BCUT2D eigenvalue weighted by atomic mass is 16.5. The number of hydrogen-bond donors (Lipinski definition) is 1. The van der Waals surface area contributed by atoms with E-state index in [1.165, 1.54) is 44.2 Å². The monoisotopic (exact) mass is 278 g/mol. The fraction of sp³-hybridized carbons (Fsp3) is 0.706. The second kappa shape index (κ2) is 13.1. The van der Waals surface area contributed by atoms with Crippen molar-refractivity contribution in [2.24, 2.45) is 0 Å². The highest BCUT2D eigenvalue weighted by molar-refractivity contribution is 5.09. The molecule has 1 heterocycles. The standard InChI is InChI=1S/C17H30N2O/c1-2-11-18-12-5-3-4-6-15-20-16-7-8-17-9-13-19-14-10-17/h9-10,13-14,18H,2-8,11-12,15-16H2,1H3. The van der Waals surface area contributed by atoms with Gasteiger partial charge in [-0.15, -0.1) is 0 Å². The maximum Gasteiger partial charge on any atom is 0.0469 e. The van der Waals surface area contributed by atoms with E-state index in [-0.39, 0.29) is 0 Å². The molecule has 1 rings (SSSR count). The molecule has 3 nitrogen and oxygen atoms in total. The van der Waals surface area contributed by atoms with Crippen LogP contribution in [0.25, 0.3) is 0 Å². The van der Waals surface area contributed by atoms with Crippen LogP contribution in [0, 0.1) is 0 Å². The van der Waals surface area contributed by atoms with Gasteiger partial charge in [0.15, 0.2) is 0 Å². The summed E-state index contributed by atoms with van der Waals surface area (Å²) in [5, 5.41) is 3.43. The first kappa shape index (κ1) is 17.1. The van der Waals surface area contributed by atoms with Crippen molar-refractivity contribution in [1.82, 2.24) is 10.3 Å². The summed E-state index contributed by atoms with van der Waals surface area (Å²) >= 11 is 0. The largest absolute Gasteiger partial charge is 0.381 e. The lowest BCUT2D eigenvalue weighted by atomic mass is 10.1. The first-order valence-corrected chi connectivity index (χ1v) is 8.11. The van der Waals surface area contributed by atoms with Gasteiger partial charge in [0, 0.05) is 25.6 Å². The molecule has 20 heavy (non-hydrogen) atoms. The molecule has 0 unspecified atom stereocenters. The van der Waals surface area contributed by atoms with E-state index in [2.05, 4.69) is 29.4 Å². The number of aryl methyl sites for hydroxylation is 1. The van der Waals surface area contributed by atoms with E-state index >= 15 is 0 Å². The van der Waals surface area contributed by atoms with Gasteiger partial charge in [0.2, 0.25) is 0 Å². The molecular weight excluding hydrogens is 248 g/mol. The molecule has 0 aliphatic carbocycles. The maximum atomic E-state index is 5.67. The van der Waals surface area contributed by atoms with Gasteiger partial charge < -0.3 is 10.1 Å². The number of nitrogens with zero attached hydrogens (tertiary/aromatic N) is 1. The summed E-state index contributed by atoms with van der Waals surface area (Å²) in [7, 11) is 0. The fourth-order valence-corrected chi connectivity index (χ4v) is 2.14. The quantitative estimate of drug-likeness (QED) is 0.560. The van der Waals surface area contributed by atoms with E-state index in [0.29, 0.717) is 0 Å². The minimum absolute atomic E-state index is 0.875. The van der Waals surface area contributed by atoms with Crippen molar-refractivity contribution < 1.29 is 4.74 Å². The third-order valence-electron chi connectivity index (χ3n) is 3.32. The van der Waals surface area contributed by atoms with Crippen LogP contribution in [-0.2, 0) is 11.2 Å². The molecule has 0 radical (unpaired) electrons. The Bertz CT molecular complexity index is 303. The lowest BCUT2D eigenvalue weighted by Gasteiger charge is -2.05. The minimum Gasteiger partial charge on any atom is -0.381 e. The molecule has 0 fully saturated rings. The van der Waals surface area contributed by atoms with Crippen LogP contribution in [0.3, 0.4) is 0 Å². The van der Waals surface area contributed by atoms with E-state index in [0.717, 1.165) is 32.6 Å². The summed E-state index contributed by atoms with van der Waals surface area (Å²) in [6.07, 6.45) is 12.2. The average Bonchev–Trinajstić information content (AvgIpc) is 2.49. The molecule has 0 aliphatic rings. The Labute approximate surface area is 124 Å². The SMILES string of the molecule is CCCNCCCCCCOCCCc1ccncc1. The van der Waals surface area contributed by atoms with Crippen LogP contribution in [-0.4, -0.2) is 31.3 Å². The van der Waals surface area contributed by atoms with Gasteiger partial charge in [0.05, 0.1) is 0 Å². The van der Waals surface area contributed by atoms with Crippen LogP contribution < -0.4 is 5.32 Å². The highest BCUT2D eigenvalue weighted by Gasteiger charge is 1.94. The Morgan fingerprint density at radius 2 is 1.70 bits per heavy atom. The highest BCUT2D eigenvalue weighted by Crippen LogP contribution is 2.02. The molecule has 0 amide bonds. The van der Waals surface area contributed by atoms with Crippen molar-refractivity contribution in [3.63, 3.8) is 0 Å². The molecule has 0 saturated heterocycles. The smallest absolute Gasteiger partial charge is 0.0469 e. The van der Waals surface area contributed by atoms with Crippen LogP contribution in [0.5, 0.6) is 0 Å². The van der Waals surface area contributed by atoms with Crippen LogP contribution in [0.4, 0.5) is 0 Å². The number of aromatic nitrogens is 1. The van der Waals surface area contributed by atoms with E-state index in [1.54, 1.807) is 0 Å². The number of hydrogen-bond acceptors (Lipinski definition) is 3. The molecule has 1 N–H and O–H groups in total. The van der Waals surface area contributed by atoms with Gasteiger partial charge in [-0.2, -0.15) is 0 Å². The molecule has 0 saturated carbocycles. The maximum absolute atomic E-state index is 5.67. The Kier molecular flexibility index (Phi) is 11.2. The van der Waals surface area contributed by atoms with E-state index in [1.807, 2.05) is 12.4 Å². The second-order valence-corrected chi connectivity index (χ2v) is 5.24. The molecule has 0 aliphatic heterocycles. The van der Waals surface area contributed by atoms with Gasteiger partial charge >= 0.3 is 0 Å². The lowest BCUT2D eigenvalue weighted by Crippen LogP contribution is -2.15. The zero-order chi connectivity index (χ0) is 14.3. The summed E-state index contributed by atoms with van der Waals surface area (Å²) in [4.78, 5) is 4.02. The van der Waals surface area contributed by atoms with E-state index in [4.69, 9.17) is 4.74 Å². The zero-order valence-corrected chi connectivity index (χ0v) is 12.9. The molecular formula is C17H30N2O. The first-order chi connectivity index (χ1) is 9.93. The van der Waals surface area contributed by atoms with Crippen molar-refractivity contribution >= 4 is 0 Å². The van der Waals surface area contributed by atoms with Gasteiger partial charge in [-0.3, -0.25) is 4.98 Å². The summed E-state index contributed by atoms with van der Waals surface area (Å²) in [5.74, 6) is 0. The van der Waals surface area contributed by atoms with Crippen LogP contribution in [0.15, 0.2) is 24.5 Å². The van der Waals surface area contributed by atoms with Gasteiger partial charge in [-0.1, -0.05) is 19.8 Å². The summed E-state index contributed by atoms with van der Waals surface area (Å²) in [6.45, 7) is 6.32. The van der Waals surface area contributed by atoms with E-state index in [9.17, 15) is 0 Å². The number of unbranched alkanes of at least 4 members (excludes halogenated alkanes) is 3. The Morgan fingerprint density at radius 1 is 0.950 bits per heavy atom. The molecule has 0 spiro atoms. The predicted molar refractivity (Wildman–Crippen MR) is 85.0 cm³/mol. The van der Waals surface area contributed by atoms with Gasteiger partial charge in [-0.05, 0) is 62.9 Å². The molecule has 0 atom stereocenters. The molecule has 0 aromatic carbocycles. The lowest BCUT2D eigenvalue weighted by molar-refractivity contribution is 0.127. The van der Waals surface area contributed by atoms with Crippen molar-refractivity contribution in [2.75, 3.05) is 26.3 Å². The molecule has 0 bridgehead atoms. The van der Waals surface area contributed by atoms with Crippen LogP contribution >= 0.6 is 0 Å². The fourth-order valence-electron chi connectivity index (χ4n) is 2.14. The molecule has 1 aromatic rings. The summed E-state index contributed by atoms with van der Waals surface area (Å²) in [6, 6.07) is 4.15. The Morgan fingerprint density at radius 3 is 2.50 bits per heavy atom. The first-order valence-electron chi connectivity index (χ1n) is 8.11. The predicted octanol–water partition coefficient (Wildman–Crippen LogP) is 3.59. The van der Waals surface area contributed by atoms with Gasteiger partial charge in [0.25, 0.3) is 0 Å². The van der Waals surface area contributed by atoms with Crippen LogP contribution in [0.2, 0.25) is 0 Å². The normalized spacial score (nSPS) is 10.8. The van der Waals surface area contributed by atoms with Crippen molar-refractivity contribution in [2.45, 2.75) is 51.9 Å². The number of ether oxygens (including phenoxy) is 1. The Balaban J connectivity index is 1.77. The minimum atomic E-state index is 0.875. The molecule has 3 heteroatoms. The summed E-state index contributed by atoms with van der Waals surface area (Å²) in [5.41, 5.74) is 1.35. The number of nitrogens with one attached hydrogen (secondary N) is 1. The molecule has 1 aromatic heterocycles. The molecule has 114 valence electrons. The Hall–Kier alpha value is -0.930. The van der Waals surface area contributed by atoms with E-state index < -0.39 is 0 Å². The van der Waals surface area contributed by atoms with Crippen molar-refractivity contribution in [3.05, 3.63) is 30.1 Å². The third kappa shape index (κ3) is 9.93. The van der Waals surface area contributed by atoms with Gasteiger partial charge in [-0.25, -0.2) is 0 Å². The third-order valence-corrected chi connectivity index (χ3v) is 3.32. The average molecular weight is 278 g/mol.